The number of rotatable bonds is 10. The van der Waals surface area contributed by atoms with Gasteiger partial charge in [0.25, 0.3) is 0 Å². The van der Waals surface area contributed by atoms with Crippen LogP contribution in [0.1, 0.15) is 43.0 Å². The van der Waals surface area contributed by atoms with Crippen LogP contribution in [0.5, 0.6) is 23.0 Å². The number of benzene rings is 5. The van der Waals surface area contributed by atoms with Gasteiger partial charge in [-0.1, -0.05) is 78.9 Å². The molecule has 5 rings (SSSR count). The molecule has 0 fully saturated rings. The Morgan fingerprint density at radius 2 is 0.925 bits per heavy atom. The normalized spacial score (nSPS) is 10.6. The number of ketones is 2. The maximum absolute atomic E-state index is 12.6. The highest BCUT2D eigenvalue weighted by Gasteiger charge is 2.15. The number of hydrogen-bond donors (Lipinski definition) is 2. The van der Waals surface area contributed by atoms with Gasteiger partial charge in [0.15, 0.2) is 11.6 Å². The first-order valence-electron chi connectivity index (χ1n) is 12.7. The molecular formula is C34H26O6. The maximum Gasteiger partial charge on any atom is 0.196 e. The number of phenolic OH excluding ortho intramolecular Hbond substituents is 2. The minimum atomic E-state index is -0.261. The van der Waals surface area contributed by atoms with Gasteiger partial charge in [-0.15, -0.1) is 0 Å². The van der Waals surface area contributed by atoms with E-state index >= 15 is 0 Å². The van der Waals surface area contributed by atoms with Gasteiger partial charge in [-0.2, -0.15) is 0 Å². The van der Waals surface area contributed by atoms with Gasteiger partial charge in [0.1, 0.15) is 36.2 Å². The number of hydrogen-bond acceptors (Lipinski definition) is 6. The average Bonchev–Trinajstić information content (AvgIpc) is 2.99. The van der Waals surface area contributed by atoms with Crippen molar-refractivity contribution < 1.29 is 29.3 Å². The molecule has 0 saturated carbocycles. The molecule has 0 aliphatic carbocycles. The van der Waals surface area contributed by atoms with Gasteiger partial charge in [0.05, 0.1) is 11.1 Å². The van der Waals surface area contributed by atoms with Crippen LogP contribution in [-0.4, -0.2) is 21.8 Å². The lowest BCUT2D eigenvalue weighted by molar-refractivity contribution is 0.102. The Labute approximate surface area is 231 Å². The van der Waals surface area contributed by atoms with Crippen LogP contribution in [0, 0.1) is 0 Å². The van der Waals surface area contributed by atoms with Crippen LogP contribution in [0.25, 0.3) is 0 Å². The molecule has 2 N–H and O–H groups in total. The first kappa shape index (κ1) is 26.3. The third-order valence-electron chi connectivity index (χ3n) is 6.30. The maximum atomic E-state index is 12.6. The van der Waals surface area contributed by atoms with Crippen LogP contribution in [0.2, 0.25) is 0 Å². The molecule has 0 radical (unpaired) electrons. The fourth-order valence-electron chi connectivity index (χ4n) is 4.22. The van der Waals surface area contributed by atoms with Crippen molar-refractivity contribution in [2.75, 3.05) is 0 Å². The van der Waals surface area contributed by atoms with Gasteiger partial charge in [-0.3, -0.25) is 9.59 Å². The third-order valence-corrected chi connectivity index (χ3v) is 6.30. The van der Waals surface area contributed by atoms with E-state index in [9.17, 15) is 19.8 Å². The van der Waals surface area contributed by atoms with E-state index in [1.807, 2.05) is 36.4 Å². The van der Waals surface area contributed by atoms with Gasteiger partial charge >= 0.3 is 0 Å². The Morgan fingerprint density at radius 3 is 1.32 bits per heavy atom. The van der Waals surface area contributed by atoms with E-state index in [1.165, 1.54) is 12.1 Å². The number of ether oxygens (including phenoxy) is 2. The predicted octanol–water partition coefficient (Wildman–Crippen LogP) is 6.72. The van der Waals surface area contributed by atoms with Crippen molar-refractivity contribution in [2.24, 2.45) is 0 Å². The summed E-state index contributed by atoms with van der Waals surface area (Å²) in [7, 11) is 0. The predicted molar refractivity (Wildman–Crippen MR) is 151 cm³/mol. The number of carbonyl (C=O) groups is 2. The highest BCUT2D eigenvalue weighted by atomic mass is 16.5. The molecule has 40 heavy (non-hydrogen) atoms. The number of phenols is 2. The van der Waals surface area contributed by atoms with Crippen LogP contribution in [0.15, 0.2) is 121 Å². The van der Waals surface area contributed by atoms with Crippen molar-refractivity contribution in [1.29, 1.82) is 0 Å². The lowest BCUT2D eigenvalue weighted by atomic mass is 10.0. The number of carbonyl (C=O) groups excluding carboxylic acids is 2. The summed E-state index contributed by atoms with van der Waals surface area (Å²) in [6.45, 7) is 0.493. The van der Waals surface area contributed by atoms with E-state index in [0.29, 0.717) is 22.6 Å². The van der Waals surface area contributed by atoms with E-state index in [4.69, 9.17) is 9.47 Å². The molecule has 0 heterocycles. The zero-order valence-electron chi connectivity index (χ0n) is 21.5. The minimum Gasteiger partial charge on any atom is -0.507 e. The van der Waals surface area contributed by atoms with Crippen LogP contribution in [0.4, 0.5) is 0 Å². The van der Waals surface area contributed by atoms with Crippen LogP contribution in [-0.2, 0) is 13.2 Å². The second-order valence-electron chi connectivity index (χ2n) is 9.15. The SMILES string of the molecule is O=C(c1ccccc1)c1ccc(OCc2cccc(COc3ccc(C(=O)c4ccccc4)c(O)c3)c2)cc1O. The summed E-state index contributed by atoms with van der Waals surface area (Å²) in [5, 5.41) is 20.8. The topological polar surface area (TPSA) is 93.1 Å². The zero-order valence-corrected chi connectivity index (χ0v) is 21.5. The van der Waals surface area contributed by atoms with Crippen molar-refractivity contribution in [3.63, 3.8) is 0 Å². The lowest BCUT2D eigenvalue weighted by Gasteiger charge is -2.11. The Bertz CT molecular complexity index is 1520. The third kappa shape index (κ3) is 6.19. The molecule has 0 saturated heterocycles. The van der Waals surface area contributed by atoms with Gasteiger partial charge < -0.3 is 19.7 Å². The summed E-state index contributed by atoms with van der Waals surface area (Å²) in [6, 6.07) is 34.5. The Morgan fingerprint density at radius 1 is 0.500 bits per heavy atom. The van der Waals surface area contributed by atoms with Crippen molar-refractivity contribution in [1.82, 2.24) is 0 Å². The van der Waals surface area contributed by atoms with E-state index in [2.05, 4.69) is 0 Å². The monoisotopic (exact) mass is 530 g/mol. The summed E-state index contributed by atoms with van der Waals surface area (Å²) in [5.41, 5.74) is 3.19. The summed E-state index contributed by atoms with van der Waals surface area (Å²) in [6.07, 6.45) is 0. The molecule has 5 aromatic carbocycles. The van der Waals surface area contributed by atoms with Gasteiger partial charge in [-0.25, -0.2) is 0 Å². The second-order valence-corrected chi connectivity index (χ2v) is 9.15. The quantitative estimate of drug-likeness (QED) is 0.195. The molecule has 0 aliphatic rings. The van der Waals surface area contributed by atoms with Crippen molar-refractivity contribution in [3.8, 4) is 23.0 Å². The largest absolute Gasteiger partial charge is 0.507 e. The Kier molecular flexibility index (Phi) is 7.88. The fraction of sp³-hybridized carbons (Fsp3) is 0.0588. The first-order valence-corrected chi connectivity index (χ1v) is 12.7. The van der Waals surface area contributed by atoms with E-state index in [-0.39, 0.29) is 47.4 Å². The van der Waals surface area contributed by atoms with Crippen LogP contribution in [0.3, 0.4) is 0 Å². The standard InChI is InChI=1S/C34H26O6/c35-31-19-27(14-16-29(31)33(37)25-10-3-1-4-11-25)39-21-23-8-7-9-24(18-23)22-40-28-15-17-30(32(36)20-28)34(38)26-12-5-2-6-13-26/h1-20,35-36H,21-22H2. The molecule has 198 valence electrons. The van der Waals surface area contributed by atoms with E-state index in [1.54, 1.807) is 72.8 Å². The van der Waals surface area contributed by atoms with Gasteiger partial charge in [-0.05, 0) is 41.5 Å². The Hall–Kier alpha value is -5.36. The lowest BCUT2D eigenvalue weighted by Crippen LogP contribution is -2.03. The van der Waals surface area contributed by atoms with Crippen LogP contribution >= 0.6 is 0 Å². The number of aromatic hydroxyl groups is 2. The van der Waals surface area contributed by atoms with Crippen LogP contribution < -0.4 is 9.47 Å². The molecule has 0 atom stereocenters. The van der Waals surface area contributed by atoms with E-state index in [0.717, 1.165) is 11.1 Å². The highest BCUT2D eigenvalue weighted by molar-refractivity contribution is 6.11. The first-order chi connectivity index (χ1) is 19.5. The summed E-state index contributed by atoms with van der Waals surface area (Å²) >= 11 is 0. The molecule has 0 bridgehead atoms. The molecule has 0 aromatic heterocycles. The van der Waals surface area contributed by atoms with Crippen molar-refractivity contribution >= 4 is 11.6 Å². The average molecular weight is 531 g/mol. The van der Waals surface area contributed by atoms with Gasteiger partial charge in [0.2, 0.25) is 0 Å². The van der Waals surface area contributed by atoms with Gasteiger partial charge in [0, 0.05) is 23.3 Å². The van der Waals surface area contributed by atoms with Crippen molar-refractivity contribution in [3.05, 3.63) is 155 Å². The van der Waals surface area contributed by atoms with Crippen molar-refractivity contribution in [2.45, 2.75) is 13.2 Å². The second kappa shape index (κ2) is 12.0. The summed E-state index contributed by atoms with van der Waals surface area (Å²) in [5.74, 6) is 0.0569. The molecule has 0 amide bonds. The summed E-state index contributed by atoms with van der Waals surface area (Å²) in [4.78, 5) is 25.3. The molecule has 0 aliphatic heterocycles. The minimum absolute atomic E-state index is 0.145. The summed E-state index contributed by atoms with van der Waals surface area (Å²) < 4.78 is 11.7. The smallest absolute Gasteiger partial charge is 0.196 e. The molecule has 6 heteroatoms. The zero-order chi connectivity index (χ0) is 27.9. The molecule has 5 aromatic rings. The molecular weight excluding hydrogens is 504 g/mol. The molecule has 0 unspecified atom stereocenters. The van der Waals surface area contributed by atoms with E-state index < -0.39 is 0 Å². The molecule has 0 spiro atoms. The highest BCUT2D eigenvalue weighted by Crippen LogP contribution is 2.28. The fourth-order valence-corrected chi connectivity index (χ4v) is 4.22. The molecule has 6 nitrogen and oxygen atoms in total. The Balaban J connectivity index is 1.18.